The molecule has 0 atom stereocenters. The largest absolute Gasteiger partial charge is 0.384 e. The van der Waals surface area contributed by atoms with E-state index in [0.29, 0.717) is 11.1 Å². The van der Waals surface area contributed by atoms with Crippen LogP contribution in [-0.4, -0.2) is 35.2 Å². The molecule has 1 fully saturated rings. The van der Waals surface area contributed by atoms with Crippen LogP contribution in [0, 0.1) is 18.8 Å². The molecular weight excluding hydrogens is 270 g/mol. The fourth-order valence-electron chi connectivity index (χ4n) is 2.19. The molecule has 1 aromatic carbocycles. The van der Waals surface area contributed by atoms with E-state index in [1.54, 1.807) is 0 Å². The first-order valence-corrected chi connectivity index (χ1v) is 7.95. The van der Waals surface area contributed by atoms with Crippen molar-refractivity contribution in [3.05, 3.63) is 34.9 Å². The van der Waals surface area contributed by atoms with E-state index in [9.17, 15) is 4.79 Å². The van der Waals surface area contributed by atoms with Gasteiger partial charge in [-0.05, 0) is 43.4 Å². The van der Waals surface area contributed by atoms with Crippen molar-refractivity contribution in [1.82, 2.24) is 5.32 Å². The molecule has 4 heteroatoms. The first kappa shape index (κ1) is 15.0. The Bertz CT molecular complexity index is 539. The first-order valence-electron chi connectivity index (χ1n) is 6.79. The maximum Gasteiger partial charge on any atom is 0.252 e. The summed E-state index contributed by atoms with van der Waals surface area (Å²) in [5, 5.41) is 11.9. The minimum Gasteiger partial charge on any atom is -0.384 e. The lowest BCUT2D eigenvalue weighted by Crippen LogP contribution is -2.37. The molecule has 0 saturated carbocycles. The Kier molecular flexibility index (Phi) is 5.51. The Morgan fingerprint density at radius 2 is 2.20 bits per heavy atom. The molecule has 0 unspecified atom stereocenters. The maximum absolute atomic E-state index is 12.4. The van der Waals surface area contributed by atoms with Crippen molar-refractivity contribution in [2.75, 3.05) is 18.1 Å². The molecule has 2 N–H and O–H groups in total. The lowest BCUT2D eigenvalue weighted by atomic mass is 10.0. The van der Waals surface area contributed by atoms with Crippen LogP contribution >= 0.6 is 11.8 Å². The van der Waals surface area contributed by atoms with Gasteiger partial charge in [0, 0.05) is 11.6 Å². The molecular formula is C16H19NO2S. The topological polar surface area (TPSA) is 49.3 Å². The molecule has 0 radical (unpaired) electrons. The average Bonchev–Trinajstić information content (AvgIpc) is 2.47. The quantitative estimate of drug-likeness (QED) is 0.818. The number of benzene rings is 1. The van der Waals surface area contributed by atoms with Gasteiger partial charge in [0.1, 0.15) is 6.61 Å². The Morgan fingerprint density at radius 1 is 1.45 bits per heavy atom. The number of hydrogen-bond donors (Lipinski definition) is 2. The minimum atomic E-state index is -0.200. The third kappa shape index (κ3) is 4.03. The van der Waals surface area contributed by atoms with Gasteiger partial charge in [-0.25, -0.2) is 0 Å². The summed E-state index contributed by atoms with van der Waals surface area (Å²) in [6, 6.07) is 5.88. The highest BCUT2D eigenvalue weighted by atomic mass is 32.2. The molecule has 1 heterocycles. The number of rotatable bonds is 2. The number of aliphatic hydroxyl groups is 1. The zero-order chi connectivity index (χ0) is 14.4. The van der Waals surface area contributed by atoms with Gasteiger partial charge in [-0.15, -0.1) is 0 Å². The van der Waals surface area contributed by atoms with E-state index >= 15 is 0 Å². The Balaban J connectivity index is 2.16. The van der Waals surface area contributed by atoms with Gasteiger partial charge in [-0.2, -0.15) is 11.8 Å². The zero-order valence-electron chi connectivity index (χ0n) is 11.6. The second kappa shape index (κ2) is 7.37. The summed E-state index contributed by atoms with van der Waals surface area (Å²) >= 11 is 1.94. The molecule has 1 aliphatic rings. The van der Waals surface area contributed by atoms with Gasteiger partial charge in [-0.1, -0.05) is 23.5 Å². The van der Waals surface area contributed by atoms with Crippen molar-refractivity contribution >= 4 is 17.7 Å². The van der Waals surface area contributed by atoms with Gasteiger partial charge in [0.05, 0.1) is 5.56 Å². The van der Waals surface area contributed by atoms with Crippen LogP contribution in [0.15, 0.2) is 18.2 Å². The second-order valence-electron chi connectivity index (χ2n) is 4.87. The molecule has 20 heavy (non-hydrogen) atoms. The fraction of sp³-hybridized carbons (Fsp3) is 0.438. The SMILES string of the molecule is Cc1ccc(C#CCO)c(C(=O)NC2CCSCC2)c1. The normalized spacial score (nSPS) is 15.3. The zero-order valence-corrected chi connectivity index (χ0v) is 12.4. The summed E-state index contributed by atoms with van der Waals surface area (Å²) in [5.74, 6) is 7.60. The lowest BCUT2D eigenvalue weighted by molar-refractivity contribution is 0.0934. The number of carbonyl (C=O) groups is 1. The fourth-order valence-corrected chi connectivity index (χ4v) is 3.30. The number of aliphatic hydroxyl groups excluding tert-OH is 1. The van der Waals surface area contributed by atoms with Crippen molar-refractivity contribution in [2.45, 2.75) is 25.8 Å². The summed E-state index contributed by atoms with van der Waals surface area (Å²) in [6.07, 6.45) is 2.06. The van der Waals surface area contributed by atoms with Crippen LogP contribution < -0.4 is 5.32 Å². The van der Waals surface area contributed by atoms with Gasteiger partial charge in [0.25, 0.3) is 5.91 Å². The minimum absolute atomic E-state index is 0.0622. The number of aryl methyl sites for hydroxylation is 1. The molecule has 106 valence electrons. The smallest absolute Gasteiger partial charge is 0.252 e. The van der Waals surface area contributed by atoms with Gasteiger partial charge >= 0.3 is 0 Å². The van der Waals surface area contributed by atoms with Gasteiger partial charge in [0.15, 0.2) is 0 Å². The molecule has 2 rings (SSSR count). The van der Waals surface area contributed by atoms with Crippen molar-refractivity contribution in [3.8, 4) is 11.8 Å². The van der Waals surface area contributed by atoms with E-state index < -0.39 is 0 Å². The molecule has 1 aliphatic heterocycles. The summed E-state index contributed by atoms with van der Waals surface area (Å²) in [5.41, 5.74) is 2.31. The van der Waals surface area contributed by atoms with Crippen molar-refractivity contribution in [2.24, 2.45) is 0 Å². The number of thioether (sulfide) groups is 1. The second-order valence-corrected chi connectivity index (χ2v) is 6.09. The third-order valence-corrected chi connectivity index (χ3v) is 4.33. The van der Waals surface area contributed by atoms with E-state index in [4.69, 9.17) is 5.11 Å². The van der Waals surface area contributed by atoms with Gasteiger partial charge < -0.3 is 10.4 Å². The molecule has 1 saturated heterocycles. The Labute approximate surface area is 124 Å². The van der Waals surface area contributed by atoms with E-state index in [1.807, 2.05) is 36.9 Å². The highest BCUT2D eigenvalue weighted by molar-refractivity contribution is 7.99. The highest BCUT2D eigenvalue weighted by Gasteiger charge is 2.18. The third-order valence-electron chi connectivity index (χ3n) is 3.28. The number of hydrogen-bond acceptors (Lipinski definition) is 3. The number of amides is 1. The molecule has 1 amide bonds. The van der Waals surface area contributed by atoms with E-state index in [2.05, 4.69) is 17.2 Å². The summed E-state index contributed by atoms with van der Waals surface area (Å²) < 4.78 is 0. The lowest BCUT2D eigenvalue weighted by Gasteiger charge is -2.22. The summed E-state index contributed by atoms with van der Waals surface area (Å²) in [6.45, 7) is 1.76. The van der Waals surface area contributed by atoms with Crippen LogP contribution in [0.1, 0.15) is 34.3 Å². The van der Waals surface area contributed by atoms with E-state index in [0.717, 1.165) is 29.9 Å². The van der Waals surface area contributed by atoms with Crippen LogP contribution in [0.2, 0.25) is 0 Å². The van der Waals surface area contributed by atoms with Gasteiger partial charge in [0.2, 0.25) is 0 Å². The van der Waals surface area contributed by atoms with Crippen molar-refractivity contribution in [3.63, 3.8) is 0 Å². The predicted octanol–water partition coefficient (Wildman–Crippen LogP) is 1.96. The molecule has 1 aromatic rings. The summed E-state index contributed by atoms with van der Waals surface area (Å²) in [4.78, 5) is 12.4. The predicted molar refractivity (Wildman–Crippen MR) is 83.0 cm³/mol. The van der Waals surface area contributed by atoms with Crippen LogP contribution in [-0.2, 0) is 0 Å². The molecule has 0 bridgehead atoms. The van der Waals surface area contributed by atoms with E-state index in [-0.39, 0.29) is 18.6 Å². The number of carbonyl (C=O) groups excluding carboxylic acids is 1. The number of nitrogens with one attached hydrogen (secondary N) is 1. The maximum atomic E-state index is 12.4. The molecule has 0 aromatic heterocycles. The van der Waals surface area contributed by atoms with Gasteiger partial charge in [-0.3, -0.25) is 4.79 Å². The molecule has 0 aliphatic carbocycles. The van der Waals surface area contributed by atoms with Crippen LogP contribution in [0.5, 0.6) is 0 Å². The monoisotopic (exact) mass is 289 g/mol. The first-order chi connectivity index (χ1) is 9.70. The Hall–Kier alpha value is -1.44. The highest BCUT2D eigenvalue weighted by Crippen LogP contribution is 2.18. The van der Waals surface area contributed by atoms with Crippen molar-refractivity contribution < 1.29 is 9.90 Å². The molecule has 0 spiro atoms. The van der Waals surface area contributed by atoms with E-state index in [1.165, 1.54) is 0 Å². The van der Waals surface area contributed by atoms with Crippen LogP contribution in [0.4, 0.5) is 0 Å². The van der Waals surface area contributed by atoms with Crippen LogP contribution in [0.25, 0.3) is 0 Å². The Morgan fingerprint density at radius 3 is 2.90 bits per heavy atom. The molecule has 3 nitrogen and oxygen atoms in total. The van der Waals surface area contributed by atoms with Crippen molar-refractivity contribution in [1.29, 1.82) is 0 Å². The summed E-state index contributed by atoms with van der Waals surface area (Å²) in [7, 11) is 0. The average molecular weight is 289 g/mol. The standard InChI is InChI=1S/C16H19NO2S/c1-12-4-5-13(3-2-8-18)15(11-12)16(19)17-14-6-9-20-10-7-14/h4-5,11,14,18H,6-10H2,1H3,(H,17,19). The van der Waals surface area contributed by atoms with Crippen LogP contribution in [0.3, 0.4) is 0 Å².